The molecular formula is C13H14N4O4. The van der Waals surface area contributed by atoms with E-state index in [0.29, 0.717) is 11.3 Å². The molecule has 0 aromatic heterocycles. The van der Waals surface area contributed by atoms with Crippen molar-refractivity contribution in [1.82, 2.24) is 15.5 Å². The van der Waals surface area contributed by atoms with Crippen LogP contribution in [-0.4, -0.2) is 48.2 Å². The number of nitrogen functional groups attached to an aromatic ring is 1. The fraction of sp³-hybridized carbons (Fsp3) is 0.231. The van der Waals surface area contributed by atoms with Gasteiger partial charge >= 0.3 is 0 Å². The molecule has 0 unspecified atom stereocenters. The Bertz CT molecular complexity index is 581. The first-order chi connectivity index (χ1) is 9.95. The molecule has 1 heterocycles. The molecule has 1 fully saturated rings. The fourth-order valence-electron chi connectivity index (χ4n) is 1.82. The number of hydrogen-bond donors (Lipinski definition) is 3. The molecule has 1 saturated heterocycles. The van der Waals surface area contributed by atoms with Gasteiger partial charge in [0.2, 0.25) is 17.7 Å². The second kappa shape index (κ2) is 6.04. The third-order valence-corrected chi connectivity index (χ3v) is 2.87. The summed E-state index contributed by atoms with van der Waals surface area (Å²) in [6, 6.07) is 6.22. The van der Waals surface area contributed by atoms with E-state index < -0.39 is 23.6 Å². The third-order valence-electron chi connectivity index (χ3n) is 2.87. The van der Waals surface area contributed by atoms with Crippen molar-refractivity contribution >= 4 is 29.3 Å². The van der Waals surface area contributed by atoms with E-state index in [2.05, 4.69) is 10.6 Å². The number of carbonyl (C=O) groups excluding carboxylic acids is 4. The molecule has 4 N–H and O–H groups in total. The third kappa shape index (κ3) is 3.78. The van der Waals surface area contributed by atoms with Crippen LogP contribution in [-0.2, 0) is 14.4 Å². The summed E-state index contributed by atoms with van der Waals surface area (Å²) in [6.45, 7) is -0.672. The maximum absolute atomic E-state index is 11.8. The quantitative estimate of drug-likeness (QED) is 0.461. The van der Waals surface area contributed by atoms with Crippen LogP contribution in [0.2, 0.25) is 0 Å². The van der Waals surface area contributed by atoms with Gasteiger partial charge in [0, 0.05) is 11.3 Å². The SMILES string of the molecule is Nc1ccc(C(=O)NCC(=O)N2CC(=O)NC(=O)C2)cc1. The minimum Gasteiger partial charge on any atom is -0.399 e. The van der Waals surface area contributed by atoms with Crippen LogP contribution in [0.1, 0.15) is 10.4 Å². The molecule has 0 saturated carbocycles. The topological polar surface area (TPSA) is 122 Å². The van der Waals surface area contributed by atoms with Crippen LogP contribution in [0.3, 0.4) is 0 Å². The van der Waals surface area contributed by atoms with Crippen LogP contribution in [0.15, 0.2) is 24.3 Å². The van der Waals surface area contributed by atoms with Crippen molar-refractivity contribution in [2.24, 2.45) is 0 Å². The lowest BCUT2D eigenvalue weighted by Crippen LogP contribution is -2.55. The van der Waals surface area contributed by atoms with Crippen LogP contribution in [0.25, 0.3) is 0 Å². The summed E-state index contributed by atoms with van der Waals surface area (Å²) in [5.41, 5.74) is 6.40. The van der Waals surface area contributed by atoms with Crippen molar-refractivity contribution in [1.29, 1.82) is 0 Å². The monoisotopic (exact) mass is 290 g/mol. The Hall–Kier alpha value is -2.90. The van der Waals surface area contributed by atoms with E-state index in [1.165, 1.54) is 12.1 Å². The molecule has 0 aliphatic carbocycles. The molecule has 21 heavy (non-hydrogen) atoms. The highest BCUT2D eigenvalue weighted by atomic mass is 16.2. The zero-order valence-electron chi connectivity index (χ0n) is 11.1. The molecule has 0 radical (unpaired) electrons. The van der Waals surface area contributed by atoms with Gasteiger partial charge in [-0.05, 0) is 24.3 Å². The summed E-state index contributed by atoms with van der Waals surface area (Å²) in [5, 5.41) is 4.52. The summed E-state index contributed by atoms with van der Waals surface area (Å²) in [6.07, 6.45) is 0. The summed E-state index contributed by atoms with van der Waals surface area (Å²) < 4.78 is 0. The molecule has 0 atom stereocenters. The number of nitrogens with one attached hydrogen (secondary N) is 2. The minimum absolute atomic E-state index is 0.192. The highest BCUT2D eigenvalue weighted by molar-refractivity contribution is 6.03. The number of anilines is 1. The molecular weight excluding hydrogens is 276 g/mol. The molecule has 1 aromatic rings. The normalized spacial score (nSPS) is 14.6. The first-order valence-electron chi connectivity index (χ1n) is 6.20. The van der Waals surface area contributed by atoms with Gasteiger partial charge in [0.05, 0.1) is 6.54 Å². The first-order valence-corrected chi connectivity index (χ1v) is 6.20. The molecule has 8 heteroatoms. The second-order valence-corrected chi connectivity index (χ2v) is 4.53. The van der Waals surface area contributed by atoms with E-state index in [4.69, 9.17) is 5.73 Å². The lowest BCUT2D eigenvalue weighted by molar-refractivity contribution is -0.144. The van der Waals surface area contributed by atoms with Gasteiger partial charge in [-0.2, -0.15) is 0 Å². The largest absolute Gasteiger partial charge is 0.399 e. The van der Waals surface area contributed by atoms with Crippen molar-refractivity contribution < 1.29 is 19.2 Å². The van der Waals surface area contributed by atoms with Crippen molar-refractivity contribution in [3.63, 3.8) is 0 Å². The van der Waals surface area contributed by atoms with Gasteiger partial charge in [-0.25, -0.2) is 0 Å². The average Bonchev–Trinajstić information content (AvgIpc) is 2.44. The Morgan fingerprint density at radius 3 is 2.29 bits per heavy atom. The van der Waals surface area contributed by atoms with Crippen LogP contribution < -0.4 is 16.4 Å². The van der Waals surface area contributed by atoms with Crippen molar-refractivity contribution in [2.75, 3.05) is 25.4 Å². The number of nitrogens with two attached hydrogens (primary N) is 1. The van der Waals surface area contributed by atoms with Gasteiger partial charge < -0.3 is 16.0 Å². The van der Waals surface area contributed by atoms with Crippen LogP contribution in [0.4, 0.5) is 5.69 Å². The Kier molecular flexibility index (Phi) is 4.17. The first kappa shape index (κ1) is 14.5. The lowest BCUT2D eigenvalue weighted by atomic mass is 10.2. The van der Waals surface area contributed by atoms with Gasteiger partial charge in [-0.3, -0.25) is 24.5 Å². The summed E-state index contributed by atoms with van der Waals surface area (Å²) in [5.74, 6) is -2.01. The number of imide groups is 1. The second-order valence-electron chi connectivity index (χ2n) is 4.53. The molecule has 1 aliphatic heterocycles. The van der Waals surface area contributed by atoms with Crippen molar-refractivity contribution in [3.8, 4) is 0 Å². The number of piperazine rings is 1. The van der Waals surface area contributed by atoms with Gasteiger partial charge in [-0.1, -0.05) is 0 Å². The van der Waals surface area contributed by atoms with Crippen molar-refractivity contribution in [3.05, 3.63) is 29.8 Å². The molecule has 110 valence electrons. The van der Waals surface area contributed by atoms with Gasteiger partial charge in [0.15, 0.2) is 0 Å². The minimum atomic E-state index is -0.538. The molecule has 1 aromatic carbocycles. The molecule has 2 rings (SSSR count). The molecule has 1 aliphatic rings. The number of rotatable bonds is 3. The van der Waals surface area contributed by atoms with Crippen LogP contribution in [0, 0.1) is 0 Å². The summed E-state index contributed by atoms with van der Waals surface area (Å²) in [7, 11) is 0. The Morgan fingerprint density at radius 2 is 1.71 bits per heavy atom. The van der Waals surface area contributed by atoms with Gasteiger partial charge in [0.25, 0.3) is 5.91 Å². The Morgan fingerprint density at radius 1 is 1.14 bits per heavy atom. The molecule has 4 amide bonds. The van der Waals surface area contributed by atoms with Gasteiger partial charge in [-0.15, -0.1) is 0 Å². The summed E-state index contributed by atoms with van der Waals surface area (Å²) in [4.78, 5) is 47.0. The van der Waals surface area contributed by atoms with Crippen LogP contribution in [0.5, 0.6) is 0 Å². The lowest BCUT2D eigenvalue weighted by Gasteiger charge is -2.25. The van der Waals surface area contributed by atoms with E-state index in [1.54, 1.807) is 12.1 Å². The maximum atomic E-state index is 11.8. The van der Waals surface area contributed by atoms with E-state index in [1.807, 2.05) is 0 Å². The van der Waals surface area contributed by atoms with E-state index >= 15 is 0 Å². The van der Waals surface area contributed by atoms with Gasteiger partial charge in [0.1, 0.15) is 13.1 Å². The Balaban J connectivity index is 1.88. The average molecular weight is 290 g/mol. The smallest absolute Gasteiger partial charge is 0.251 e. The Labute approximate surface area is 120 Å². The number of carbonyl (C=O) groups is 4. The predicted octanol–water partition coefficient (Wildman–Crippen LogP) is -1.52. The van der Waals surface area contributed by atoms with E-state index in [9.17, 15) is 19.2 Å². The van der Waals surface area contributed by atoms with E-state index in [0.717, 1.165) is 4.90 Å². The predicted molar refractivity (Wildman–Crippen MR) is 72.9 cm³/mol. The highest BCUT2D eigenvalue weighted by Gasteiger charge is 2.26. The molecule has 0 bridgehead atoms. The number of amides is 4. The number of hydrogen-bond acceptors (Lipinski definition) is 5. The van der Waals surface area contributed by atoms with Crippen molar-refractivity contribution in [2.45, 2.75) is 0 Å². The maximum Gasteiger partial charge on any atom is 0.251 e. The highest BCUT2D eigenvalue weighted by Crippen LogP contribution is 2.05. The number of benzene rings is 1. The zero-order valence-corrected chi connectivity index (χ0v) is 11.1. The number of nitrogens with zero attached hydrogens (tertiary/aromatic N) is 1. The van der Waals surface area contributed by atoms with E-state index in [-0.39, 0.29) is 19.6 Å². The zero-order chi connectivity index (χ0) is 15.4. The molecule has 0 spiro atoms. The molecule has 8 nitrogen and oxygen atoms in total. The standard InChI is InChI=1S/C13H14N4O4/c14-9-3-1-8(2-4-9)13(21)15-5-12(20)17-6-10(18)16-11(19)7-17/h1-4H,5-7,14H2,(H,15,21)(H,16,18,19). The summed E-state index contributed by atoms with van der Waals surface area (Å²) >= 11 is 0. The fourth-order valence-corrected chi connectivity index (χ4v) is 1.82. The van der Waals surface area contributed by atoms with Crippen LogP contribution >= 0.6 is 0 Å².